The van der Waals surface area contributed by atoms with Crippen LogP contribution < -0.4 is 4.74 Å². The van der Waals surface area contributed by atoms with E-state index in [1.165, 1.54) is 6.33 Å². The average Bonchev–Trinajstić information content (AvgIpc) is 2.66. The number of aryl methyl sites for hydroxylation is 1. The number of rotatable bonds is 5. The van der Waals surface area contributed by atoms with E-state index in [0.29, 0.717) is 37.2 Å². The van der Waals surface area contributed by atoms with Gasteiger partial charge in [-0.05, 0) is 38.2 Å². The molecule has 2 aliphatic heterocycles. The summed E-state index contributed by atoms with van der Waals surface area (Å²) in [5, 5.41) is 0. The third-order valence-corrected chi connectivity index (χ3v) is 5.15. The van der Waals surface area contributed by atoms with Gasteiger partial charge in [-0.15, -0.1) is 0 Å². The van der Waals surface area contributed by atoms with Crippen LogP contribution in [0.15, 0.2) is 31.0 Å². The molecule has 0 radical (unpaired) electrons. The van der Waals surface area contributed by atoms with Crippen LogP contribution in [0.1, 0.15) is 35.4 Å². The molecule has 0 saturated carbocycles. The first-order valence-electron chi connectivity index (χ1n) is 9.24. The summed E-state index contributed by atoms with van der Waals surface area (Å²) in [6.45, 7) is 4.48. The molecule has 142 valence electrons. The van der Waals surface area contributed by atoms with Crippen molar-refractivity contribution in [2.45, 2.75) is 31.8 Å². The summed E-state index contributed by atoms with van der Waals surface area (Å²) in [6.07, 6.45) is 9.24. The maximum atomic E-state index is 12.4. The van der Waals surface area contributed by atoms with Crippen LogP contribution in [-0.4, -0.2) is 62.6 Å². The fraction of sp³-hybridized carbons (Fsp3) is 0.526. The van der Waals surface area contributed by atoms with Crippen LogP contribution in [0.5, 0.6) is 5.88 Å². The number of carbonyl (C=O) groups is 1. The van der Waals surface area contributed by atoms with Crippen LogP contribution >= 0.6 is 0 Å². The van der Waals surface area contributed by atoms with Gasteiger partial charge in [-0.2, -0.15) is 0 Å². The van der Waals surface area contributed by atoms with E-state index >= 15 is 0 Å². The quantitative estimate of drug-likeness (QED) is 0.792. The molecule has 0 aliphatic carbocycles. The van der Waals surface area contributed by atoms with Gasteiger partial charge in [-0.3, -0.25) is 9.78 Å². The molecule has 4 heterocycles. The summed E-state index contributed by atoms with van der Waals surface area (Å²) in [5.41, 5.74) is 1.06. The fourth-order valence-electron chi connectivity index (χ4n) is 3.81. The van der Waals surface area contributed by atoms with Crippen LogP contribution in [0.3, 0.4) is 0 Å². The van der Waals surface area contributed by atoms with Gasteiger partial charge < -0.3 is 14.4 Å². The molecule has 8 heteroatoms. The first kappa shape index (κ1) is 17.8. The zero-order valence-corrected chi connectivity index (χ0v) is 15.4. The number of hydrogen-bond donors (Lipinski definition) is 0. The van der Waals surface area contributed by atoms with Gasteiger partial charge in [-0.1, -0.05) is 0 Å². The molecular formula is C19H23N5O3. The second kappa shape index (κ2) is 7.56. The third-order valence-electron chi connectivity index (χ3n) is 5.15. The van der Waals surface area contributed by atoms with Gasteiger partial charge in [0.15, 0.2) is 0 Å². The minimum absolute atomic E-state index is 0.0601. The Morgan fingerprint density at radius 2 is 2.26 bits per heavy atom. The zero-order chi connectivity index (χ0) is 18.7. The van der Waals surface area contributed by atoms with Crippen molar-refractivity contribution in [3.8, 4) is 5.88 Å². The molecule has 0 aromatic carbocycles. The third kappa shape index (κ3) is 4.05. The molecule has 8 nitrogen and oxygen atoms in total. The summed E-state index contributed by atoms with van der Waals surface area (Å²) in [6, 6.07) is 1.64. The number of nitrogens with zero attached hydrogens (tertiary/aromatic N) is 5. The van der Waals surface area contributed by atoms with Crippen molar-refractivity contribution in [1.82, 2.24) is 24.8 Å². The molecule has 1 amide bonds. The van der Waals surface area contributed by atoms with Crippen molar-refractivity contribution < 1.29 is 14.3 Å². The Kier molecular flexibility index (Phi) is 4.98. The predicted molar refractivity (Wildman–Crippen MR) is 96.2 cm³/mol. The van der Waals surface area contributed by atoms with E-state index in [2.05, 4.69) is 19.9 Å². The number of carbonyl (C=O) groups excluding carboxylic acids is 1. The van der Waals surface area contributed by atoms with E-state index in [1.807, 2.05) is 6.92 Å². The topological polar surface area (TPSA) is 90.3 Å². The fourth-order valence-corrected chi connectivity index (χ4v) is 3.81. The molecule has 0 bridgehead atoms. The maximum Gasteiger partial charge on any atom is 0.272 e. The smallest absolute Gasteiger partial charge is 0.272 e. The highest BCUT2D eigenvalue weighted by Crippen LogP contribution is 2.38. The predicted octanol–water partition coefficient (Wildman–Crippen LogP) is 1.67. The van der Waals surface area contributed by atoms with Gasteiger partial charge in [0.05, 0.1) is 31.6 Å². The van der Waals surface area contributed by atoms with E-state index < -0.39 is 0 Å². The average molecular weight is 369 g/mol. The lowest BCUT2D eigenvalue weighted by Gasteiger charge is -2.53. The van der Waals surface area contributed by atoms with Crippen molar-refractivity contribution in [1.29, 1.82) is 0 Å². The molecule has 2 aromatic rings. The normalized spacial score (nSPS) is 20.9. The van der Waals surface area contributed by atoms with Crippen molar-refractivity contribution in [2.24, 2.45) is 5.92 Å². The van der Waals surface area contributed by atoms with E-state index in [-0.39, 0.29) is 11.5 Å². The van der Waals surface area contributed by atoms with Crippen LogP contribution in [0.2, 0.25) is 0 Å². The summed E-state index contributed by atoms with van der Waals surface area (Å²) in [4.78, 5) is 30.5. The first-order chi connectivity index (χ1) is 13.1. The summed E-state index contributed by atoms with van der Waals surface area (Å²) in [7, 11) is 0. The molecule has 1 atom stereocenters. The van der Waals surface area contributed by atoms with Gasteiger partial charge in [0, 0.05) is 19.0 Å². The van der Waals surface area contributed by atoms with Crippen molar-refractivity contribution >= 4 is 5.91 Å². The van der Waals surface area contributed by atoms with Crippen molar-refractivity contribution in [3.05, 3.63) is 42.4 Å². The number of hydrogen-bond acceptors (Lipinski definition) is 7. The lowest BCUT2D eigenvalue weighted by atomic mass is 9.79. The number of aromatic nitrogens is 4. The van der Waals surface area contributed by atoms with Gasteiger partial charge in [0.25, 0.3) is 5.91 Å². The zero-order valence-electron chi connectivity index (χ0n) is 15.4. The molecule has 4 rings (SSSR count). The molecule has 27 heavy (non-hydrogen) atoms. The number of likely N-dealkylation sites (tertiary alicyclic amines) is 1. The molecule has 2 saturated heterocycles. The van der Waals surface area contributed by atoms with Crippen LogP contribution in [0.4, 0.5) is 0 Å². The standard InChI is InChI=1S/C19H23N5O3/c1-14-9-21-10-17(23-14)26-6-3-15-4-7-27-19(8-15)11-24(12-19)18(25)16-2-5-20-13-22-16/h2,5,9-10,13,15H,3-4,6-8,11-12H2,1H3/t15-/m1/s1. The highest BCUT2D eigenvalue weighted by molar-refractivity contribution is 5.92. The van der Waals surface area contributed by atoms with Crippen LogP contribution in [0, 0.1) is 12.8 Å². The Morgan fingerprint density at radius 1 is 1.37 bits per heavy atom. The first-order valence-corrected chi connectivity index (χ1v) is 9.24. The number of ether oxygens (including phenoxy) is 2. The second-order valence-electron chi connectivity index (χ2n) is 7.28. The van der Waals surface area contributed by atoms with Crippen molar-refractivity contribution in [3.63, 3.8) is 0 Å². The lowest BCUT2D eigenvalue weighted by Crippen LogP contribution is -2.66. The largest absolute Gasteiger partial charge is 0.477 e. The lowest BCUT2D eigenvalue weighted by molar-refractivity contribution is -0.166. The molecule has 0 unspecified atom stereocenters. The Balaban J connectivity index is 1.26. The van der Waals surface area contributed by atoms with Crippen LogP contribution in [-0.2, 0) is 4.74 Å². The summed E-state index contributed by atoms with van der Waals surface area (Å²) < 4.78 is 11.8. The summed E-state index contributed by atoms with van der Waals surface area (Å²) in [5.74, 6) is 1.03. The van der Waals surface area contributed by atoms with Gasteiger partial charge in [-0.25, -0.2) is 15.0 Å². The SMILES string of the molecule is Cc1cncc(OCC[C@@H]2CCOC3(C2)CN(C(=O)c2ccncn2)C3)n1. The molecule has 0 N–H and O–H groups in total. The molecule has 1 spiro atoms. The second-order valence-corrected chi connectivity index (χ2v) is 7.28. The van der Waals surface area contributed by atoms with E-state index in [0.717, 1.165) is 31.6 Å². The Labute approximate surface area is 158 Å². The minimum atomic E-state index is -0.214. The molecular weight excluding hydrogens is 346 g/mol. The Bertz CT molecular complexity index is 795. The van der Waals surface area contributed by atoms with Crippen molar-refractivity contribution in [2.75, 3.05) is 26.3 Å². The van der Waals surface area contributed by atoms with Crippen LogP contribution in [0.25, 0.3) is 0 Å². The van der Waals surface area contributed by atoms with E-state index in [1.54, 1.807) is 29.6 Å². The summed E-state index contributed by atoms with van der Waals surface area (Å²) >= 11 is 0. The van der Waals surface area contributed by atoms with Gasteiger partial charge >= 0.3 is 0 Å². The highest BCUT2D eigenvalue weighted by Gasteiger charge is 2.49. The van der Waals surface area contributed by atoms with E-state index in [9.17, 15) is 4.79 Å². The molecule has 2 aliphatic rings. The Hall–Kier alpha value is -2.61. The Morgan fingerprint density at radius 3 is 3.04 bits per heavy atom. The van der Waals surface area contributed by atoms with Gasteiger partial charge in [0.1, 0.15) is 17.6 Å². The van der Waals surface area contributed by atoms with E-state index in [4.69, 9.17) is 9.47 Å². The molecule has 2 aromatic heterocycles. The van der Waals surface area contributed by atoms with Gasteiger partial charge in [0.2, 0.25) is 5.88 Å². The number of amides is 1. The monoisotopic (exact) mass is 369 g/mol. The molecule has 2 fully saturated rings. The maximum absolute atomic E-state index is 12.4. The highest BCUT2D eigenvalue weighted by atomic mass is 16.5. The minimum Gasteiger partial charge on any atom is -0.477 e.